The number of ether oxygens (including phenoxy) is 2. The summed E-state index contributed by atoms with van der Waals surface area (Å²) in [7, 11) is 0. The normalized spacial score (nSPS) is 15.4. The summed E-state index contributed by atoms with van der Waals surface area (Å²) in [5.74, 6) is 0.370. The van der Waals surface area contributed by atoms with Gasteiger partial charge in [-0.05, 0) is 13.0 Å². The van der Waals surface area contributed by atoms with E-state index < -0.39 is 0 Å². The Bertz CT molecular complexity index is 473. The van der Waals surface area contributed by atoms with E-state index in [1.807, 2.05) is 6.92 Å². The SMILES string of the molecule is CCOc1cc(N)c(Cl)cc1C(=O)N1CCOCC1. The number of nitrogens with zero attached hydrogens (tertiary/aromatic N) is 1. The number of nitrogens with two attached hydrogens (primary N) is 1. The maximum Gasteiger partial charge on any atom is 0.257 e. The van der Waals surface area contributed by atoms with Gasteiger partial charge >= 0.3 is 0 Å². The molecule has 2 N–H and O–H groups in total. The first-order valence-electron chi connectivity index (χ1n) is 6.22. The molecule has 1 aliphatic rings. The lowest BCUT2D eigenvalue weighted by Gasteiger charge is -2.27. The molecule has 0 spiro atoms. The van der Waals surface area contributed by atoms with Gasteiger partial charge in [0.2, 0.25) is 0 Å². The van der Waals surface area contributed by atoms with Crippen LogP contribution < -0.4 is 10.5 Å². The molecule has 1 saturated heterocycles. The number of nitrogen functional groups attached to an aromatic ring is 1. The number of morpholine rings is 1. The fraction of sp³-hybridized carbons (Fsp3) is 0.462. The monoisotopic (exact) mass is 284 g/mol. The first-order valence-corrected chi connectivity index (χ1v) is 6.60. The largest absolute Gasteiger partial charge is 0.493 e. The number of benzene rings is 1. The van der Waals surface area contributed by atoms with Crippen molar-refractivity contribution in [2.45, 2.75) is 6.92 Å². The molecule has 1 aromatic rings. The Morgan fingerprint density at radius 3 is 2.79 bits per heavy atom. The van der Waals surface area contributed by atoms with E-state index in [0.717, 1.165) is 0 Å². The van der Waals surface area contributed by atoms with Gasteiger partial charge in [0, 0.05) is 19.2 Å². The van der Waals surface area contributed by atoms with E-state index >= 15 is 0 Å². The first-order chi connectivity index (χ1) is 9.13. The maximum absolute atomic E-state index is 12.4. The van der Waals surface area contributed by atoms with Crippen LogP contribution in [0.3, 0.4) is 0 Å². The number of hydrogen-bond donors (Lipinski definition) is 1. The molecule has 104 valence electrons. The van der Waals surface area contributed by atoms with Crippen molar-refractivity contribution >= 4 is 23.2 Å². The summed E-state index contributed by atoms with van der Waals surface area (Å²) < 4.78 is 10.7. The van der Waals surface area contributed by atoms with Crippen LogP contribution in [0.25, 0.3) is 0 Å². The first kappa shape index (κ1) is 14.0. The zero-order valence-corrected chi connectivity index (χ0v) is 11.6. The summed E-state index contributed by atoms with van der Waals surface area (Å²) in [6, 6.07) is 3.17. The number of hydrogen-bond acceptors (Lipinski definition) is 4. The van der Waals surface area contributed by atoms with E-state index in [-0.39, 0.29) is 5.91 Å². The van der Waals surface area contributed by atoms with Gasteiger partial charge in [-0.1, -0.05) is 11.6 Å². The lowest BCUT2D eigenvalue weighted by atomic mass is 10.1. The van der Waals surface area contributed by atoms with E-state index in [1.54, 1.807) is 17.0 Å². The molecule has 1 heterocycles. The Kier molecular flexibility index (Phi) is 4.50. The molecule has 0 aliphatic carbocycles. The van der Waals surface area contributed by atoms with E-state index in [0.29, 0.717) is 54.9 Å². The number of carbonyl (C=O) groups excluding carboxylic acids is 1. The van der Waals surface area contributed by atoms with E-state index in [9.17, 15) is 4.79 Å². The molecule has 1 fully saturated rings. The van der Waals surface area contributed by atoms with Crippen molar-refractivity contribution < 1.29 is 14.3 Å². The van der Waals surface area contributed by atoms with Crippen LogP contribution in [-0.2, 0) is 4.74 Å². The number of rotatable bonds is 3. The quantitative estimate of drug-likeness (QED) is 0.860. The minimum Gasteiger partial charge on any atom is -0.493 e. The highest BCUT2D eigenvalue weighted by molar-refractivity contribution is 6.33. The van der Waals surface area contributed by atoms with Crippen molar-refractivity contribution in [2.75, 3.05) is 38.6 Å². The van der Waals surface area contributed by atoms with Gasteiger partial charge in [0.15, 0.2) is 0 Å². The van der Waals surface area contributed by atoms with Crippen molar-refractivity contribution in [3.8, 4) is 5.75 Å². The molecule has 2 rings (SSSR count). The van der Waals surface area contributed by atoms with Crippen molar-refractivity contribution in [2.24, 2.45) is 0 Å². The lowest BCUT2D eigenvalue weighted by Crippen LogP contribution is -2.40. The van der Waals surface area contributed by atoms with E-state index in [2.05, 4.69) is 0 Å². The third-order valence-corrected chi connectivity index (χ3v) is 3.25. The molecule has 0 saturated carbocycles. The molecule has 1 aliphatic heterocycles. The average molecular weight is 285 g/mol. The fourth-order valence-electron chi connectivity index (χ4n) is 1.95. The Hall–Kier alpha value is -1.46. The Morgan fingerprint density at radius 1 is 1.47 bits per heavy atom. The summed E-state index contributed by atoms with van der Waals surface area (Å²) in [5.41, 5.74) is 6.59. The second-order valence-corrected chi connectivity index (χ2v) is 4.61. The molecule has 0 unspecified atom stereocenters. The summed E-state index contributed by atoms with van der Waals surface area (Å²) in [6.07, 6.45) is 0. The standard InChI is InChI=1S/C13H17ClN2O3/c1-2-19-12-8-11(15)10(14)7-9(12)13(17)16-3-5-18-6-4-16/h7-8H,2-6,15H2,1H3. The molecule has 19 heavy (non-hydrogen) atoms. The van der Waals surface area contributed by atoms with Crippen LogP contribution in [0.4, 0.5) is 5.69 Å². The predicted molar refractivity (Wildman–Crippen MR) is 73.8 cm³/mol. The molecule has 0 radical (unpaired) electrons. The van der Waals surface area contributed by atoms with E-state index in [4.69, 9.17) is 26.8 Å². The van der Waals surface area contributed by atoms with Crippen LogP contribution >= 0.6 is 11.6 Å². The Morgan fingerprint density at radius 2 is 2.16 bits per heavy atom. The van der Waals surface area contributed by atoms with Crippen molar-refractivity contribution in [1.29, 1.82) is 0 Å². The number of carbonyl (C=O) groups is 1. The second-order valence-electron chi connectivity index (χ2n) is 4.21. The minimum absolute atomic E-state index is 0.103. The highest BCUT2D eigenvalue weighted by Crippen LogP contribution is 2.30. The van der Waals surface area contributed by atoms with Crippen molar-refractivity contribution in [1.82, 2.24) is 4.90 Å². The smallest absolute Gasteiger partial charge is 0.257 e. The van der Waals surface area contributed by atoms with Crippen molar-refractivity contribution in [3.63, 3.8) is 0 Å². The van der Waals surface area contributed by atoms with Crippen LogP contribution in [0.5, 0.6) is 5.75 Å². The molecule has 5 nitrogen and oxygen atoms in total. The van der Waals surface area contributed by atoms with E-state index in [1.165, 1.54) is 0 Å². The van der Waals surface area contributed by atoms with Gasteiger partial charge in [0.25, 0.3) is 5.91 Å². The number of anilines is 1. The highest BCUT2D eigenvalue weighted by atomic mass is 35.5. The third-order valence-electron chi connectivity index (χ3n) is 2.93. The fourth-order valence-corrected chi connectivity index (χ4v) is 2.11. The maximum atomic E-state index is 12.4. The average Bonchev–Trinajstić information content (AvgIpc) is 2.43. The molecule has 1 aromatic carbocycles. The molecular formula is C13H17ClN2O3. The molecular weight excluding hydrogens is 268 g/mol. The summed E-state index contributed by atoms with van der Waals surface area (Å²) >= 11 is 5.99. The van der Waals surface area contributed by atoms with Gasteiger partial charge in [-0.15, -0.1) is 0 Å². The van der Waals surface area contributed by atoms with Gasteiger partial charge in [-0.25, -0.2) is 0 Å². The minimum atomic E-state index is -0.103. The van der Waals surface area contributed by atoms with Gasteiger partial charge < -0.3 is 20.1 Å². The molecule has 1 amide bonds. The Labute approximate surface area is 117 Å². The van der Waals surface area contributed by atoms with Gasteiger partial charge in [-0.3, -0.25) is 4.79 Å². The molecule has 6 heteroatoms. The Balaban J connectivity index is 2.30. The zero-order valence-electron chi connectivity index (χ0n) is 10.8. The van der Waals surface area contributed by atoms with Gasteiger partial charge in [-0.2, -0.15) is 0 Å². The van der Waals surface area contributed by atoms with Crippen LogP contribution in [0.1, 0.15) is 17.3 Å². The summed E-state index contributed by atoms with van der Waals surface area (Å²) in [6.45, 7) is 4.58. The molecule has 0 bridgehead atoms. The van der Waals surface area contributed by atoms with Crippen LogP contribution in [-0.4, -0.2) is 43.7 Å². The highest BCUT2D eigenvalue weighted by Gasteiger charge is 2.22. The van der Waals surface area contributed by atoms with Crippen molar-refractivity contribution in [3.05, 3.63) is 22.7 Å². The summed E-state index contributed by atoms with van der Waals surface area (Å²) in [5, 5.41) is 0.361. The zero-order chi connectivity index (χ0) is 13.8. The molecule has 0 aromatic heterocycles. The second kappa shape index (κ2) is 6.12. The van der Waals surface area contributed by atoms with Gasteiger partial charge in [0.1, 0.15) is 5.75 Å². The van der Waals surface area contributed by atoms with Crippen LogP contribution in [0, 0.1) is 0 Å². The number of halogens is 1. The number of amides is 1. The van der Waals surface area contributed by atoms with Gasteiger partial charge in [0.05, 0.1) is 36.1 Å². The summed E-state index contributed by atoms with van der Waals surface area (Å²) in [4.78, 5) is 14.2. The van der Waals surface area contributed by atoms with Crippen LogP contribution in [0.2, 0.25) is 5.02 Å². The topological polar surface area (TPSA) is 64.8 Å². The van der Waals surface area contributed by atoms with Crippen LogP contribution in [0.15, 0.2) is 12.1 Å². The lowest BCUT2D eigenvalue weighted by molar-refractivity contribution is 0.0300. The predicted octanol–water partition coefficient (Wildman–Crippen LogP) is 1.79. The third kappa shape index (κ3) is 3.11. The molecule has 0 atom stereocenters.